The van der Waals surface area contributed by atoms with Crippen LogP contribution in [0.3, 0.4) is 0 Å². The summed E-state index contributed by atoms with van der Waals surface area (Å²) in [5.41, 5.74) is 2.32. The molecule has 1 saturated heterocycles. The summed E-state index contributed by atoms with van der Waals surface area (Å²) >= 11 is 0. The molecule has 2 aromatic rings. The van der Waals surface area contributed by atoms with Gasteiger partial charge in [-0.2, -0.15) is 0 Å². The lowest BCUT2D eigenvalue weighted by Crippen LogP contribution is -2.46. The van der Waals surface area contributed by atoms with Crippen molar-refractivity contribution in [3.05, 3.63) is 63.8 Å². The number of hydrogen-bond acceptors (Lipinski definition) is 4. The molecular formula is C18H21N3O3. The van der Waals surface area contributed by atoms with Gasteiger partial charge in [0.05, 0.1) is 19.0 Å². The maximum atomic E-state index is 12.7. The highest BCUT2D eigenvalue weighted by atomic mass is 16.5. The number of carbonyl (C=O) groups is 1. The second-order valence-corrected chi connectivity index (χ2v) is 6.00. The number of nitrogens with zero attached hydrogens (tertiary/aromatic N) is 2. The molecule has 1 aromatic heterocycles. The number of aromatic nitrogens is 2. The summed E-state index contributed by atoms with van der Waals surface area (Å²) in [6.07, 6.45) is 2.76. The van der Waals surface area contributed by atoms with Crippen molar-refractivity contribution in [3.8, 4) is 0 Å². The van der Waals surface area contributed by atoms with E-state index in [1.165, 1.54) is 12.4 Å². The Hall–Kier alpha value is -2.47. The fraction of sp³-hybridized carbons (Fsp3) is 0.389. The minimum absolute atomic E-state index is 0.0344. The first-order valence-electron chi connectivity index (χ1n) is 8.13. The van der Waals surface area contributed by atoms with Crippen molar-refractivity contribution in [2.24, 2.45) is 0 Å². The van der Waals surface area contributed by atoms with Gasteiger partial charge in [0, 0.05) is 30.4 Å². The maximum Gasteiger partial charge on any atom is 0.254 e. The van der Waals surface area contributed by atoms with Crippen LogP contribution in [0.5, 0.6) is 0 Å². The first-order chi connectivity index (χ1) is 11.6. The Kier molecular flexibility index (Phi) is 5.05. The fourth-order valence-electron chi connectivity index (χ4n) is 2.92. The molecule has 1 aliphatic heterocycles. The van der Waals surface area contributed by atoms with Crippen LogP contribution in [-0.2, 0) is 11.2 Å². The predicted molar refractivity (Wildman–Crippen MR) is 90.0 cm³/mol. The highest BCUT2D eigenvalue weighted by Crippen LogP contribution is 2.16. The first-order valence-corrected chi connectivity index (χ1v) is 8.13. The monoisotopic (exact) mass is 327 g/mol. The number of hydrogen-bond donors (Lipinski definition) is 1. The molecule has 3 rings (SSSR count). The Morgan fingerprint density at radius 2 is 2.25 bits per heavy atom. The molecule has 1 aromatic carbocycles. The van der Waals surface area contributed by atoms with Crippen molar-refractivity contribution < 1.29 is 9.53 Å². The minimum Gasteiger partial charge on any atom is -0.375 e. The largest absolute Gasteiger partial charge is 0.375 e. The number of benzene rings is 1. The number of nitrogens with one attached hydrogen (secondary N) is 1. The van der Waals surface area contributed by atoms with Gasteiger partial charge in [0.25, 0.3) is 11.5 Å². The molecule has 1 unspecified atom stereocenters. The standard InChI is InChI=1S/C18H21N3O3/c1-13-4-2-3-5-16(13)18(23)21-8-9-24-15(11-21)7-6-14-10-17(22)20-12-19-14/h2-5,10,12,15H,6-9,11H2,1H3,(H,19,20,22). The van der Waals surface area contributed by atoms with E-state index >= 15 is 0 Å². The van der Waals surface area contributed by atoms with E-state index < -0.39 is 0 Å². The van der Waals surface area contributed by atoms with E-state index in [1.54, 1.807) is 0 Å². The van der Waals surface area contributed by atoms with Crippen LogP contribution in [0.1, 0.15) is 28.0 Å². The summed E-state index contributed by atoms with van der Waals surface area (Å²) < 4.78 is 5.77. The molecule has 6 heteroatoms. The van der Waals surface area contributed by atoms with Gasteiger partial charge in [-0.3, -0.25) is 9.59 Å². The topological polar surface area (TPSA) is 75.3 Å². The van der Waals surface area contributed by atoms with Gasteiger partial charge >= 0.3 is 0 Å². The first kappa shape index (κ1) is 16.4. The van der Waals surface area contributed by atoms with E-state index in [2.05, 4.69) is 9.97 Å². The average molecular weight is 327 g/mol. The van der Waals surface area contributed by atoms with Crippen molar-refractivity contribution in [3.63, 3.8) is 0 Å². The Labute approximate surface area is 140 Å². The zero-order chi connectivity index (χ0) is 16.9. The minimum atomic E-state index is -0.152. The van der Waals surface area contributed by atoms with Gasteiger partial charge in [0.1, 0.15) is 0 Å². The van der Waals surface area contributed by atoms with Crippen LogP contribution < -0.4 is 5.56 Å². The summed E-state index contributed by atoms with van der Waals surface area (Å²) in [6, 6.07) is 9.13. The Balaban J connectivity index is 1.61. The lowest BCUT2D eigenvalue weighted by Gasteiger charge is -2.33. The van der Waals surface area contributed by atoms with Gasteiger partial charge in [-0.05, 0) is 31.4 Å². The zero-order valence-electron chi connectivity index (χ0n) is 13.7. The van der Waals surface area contributed by atoms with Gasteiger partial charge in [-0.1, -0.05) is 18.2 Å². The van der Waals surface area contributed by atoms with E-state index in [0.29, 0.717) is 26.1 Å². The Bertz CT molecular complexity index is 772. The predicted octanol–water partition coefficient (Wildman–Crippen LogP) is 1.55. The zero-order valence-corrected chi connectivity index (χ0v) is 13.7. The second-order valence-electron chi connectivity index (χ2n) is 6.00. The number of aromatic amines is 1. The average Bonchev–Trinajstić information content (AvgIpc) is 2.60. The van der Waals surface area contributed by atoms with Crippen LogP contribution in [-0.4, -0.2) is 46.6 Å². The van der Waals surface area contributed by atoms with Crippen molar-refractivity contribution >= 4 is 5.91 Å². The molecule has 0 aliphatic carbocycles. The third kappa shape index (κ3) is 3.89. The molecule has 1 fully saturated rings. The fourth-order valence-corrected chi connectivity index (χ4v) is 2.92. The number of carbonyl (C=O) groups excluding carboxylic acids is 1. The van der Waals surface area contributed by atoms with Gasteiger partial charge in [-0.25, -0.2) is 4.98 Å². The van der Waals surface area contributed by atoms with Crippen LogP contribution in [0.25, 0.3) is 0 Å². The number of morpholine rings is 1. The molecule has 2 heterocycles. The molecule has 126 valence electrons. The number of amides is 1. The Morgan fingerprint density at radius 3 is 3.04 bits per heavy atom. The molecule has 1 amide bonds. The van der Waals surface area contributed by atoms with Crippen LogP contribution in [0.15, 0.2) is 41.5 Å². The summed E-state index contributed by atoms with van der Waals surface area (Å²) in [5, 5.41) is 0. The lowest BCUT2D eigenvalue weighted by atomic mass is 10.1. The summed E-state index contributed by atoms with van der Waals surface area (Å²) in [7, 11) is 0. The lowest BCUT2D eigenvalue weighted by molar-refractivity contribution is -0.0247. The highest BCUT2D eigenvalue weighted by Gasteiger charge is 2.25. The van der Waals surface area contributed by atoms with Crippen LogP contribution in [0.4, 0.5) is 0 Å². The third-order valence-corrected chi connectivity index (χ3v) is 4.26. The van der Waals surface area contributed by atoms with E-state index in [0.717, 1.165) is 23.2 Å². The molecule has 0 bridgehead atoms. The highest BCUT2D eigenvalue weighted by molar-refractivity contribution is 5.95. The van der Waals surface area contributed by atoms with E-state index in [4.69, 9.17) is 4.74 Å². The molecule has 0 spiro atoms. The Morgan fingerprint density at radius 1 is 1.42 bits per heavy atom. The van der Waals surface area contributed by atoms with Crippen LogP contribution in [0.2, 0.25) is 0 Å². The quantitative estimate of drug-likeness (QED) is 0.924. The summed E-state index contributed by atoms with van der Waals surface area (Å²) in [4.78, 5) is 32.5. The SMILES string of the molecule is Cc1ccccc1C(=O)N1CCOC(CCc2cc(=O)[nH]cn2)C1. The van der Waals surface area contributed by atoms with Crippen molar-refractivity contribution in [1.82, 2.24) is 14.9 Å². The molecule has 24 heavy (non-hydrogen) atoms. The molecule has 0 radical (unpaired) electrons. The van der Waals surface area contributed by atoms with E-state index in [1.807, 2.05) is 36.1 Å². The number of aryl methyl sites for hydroxylation is 2. The van der Waals surface area contributed by atoms with Gasteiger partial charge in [-0.15, -0.1) is 0 Å². The summed E-state index contributed by atoms with van der Waals surface area (Å²) in [5.74, 6) is 0.0516. The maximum absolute atomic E-state index is 12.7. The molecule has 1 N–H and O–H groups in total. The van der Waals surface area contributed by atoms with Gasteiger partial charge in [0.15, 0.2) is 0 Å². The molecule has 0 saturated carbocycles. The van der Waals surface area contributed by atoms with E-state index in [9.17, 15) is 9.59 Å². The molecule has 1 aliphatic rings. The number of ether oxygens (including phenoxy) is 1. The molecule has 1 atom stereocenters. The second kappa shape index (κ2) is 7.40. The van der Waals surface area contributed by atoms with Crippen molar-refractivity contribution in [1.29, 1.82) is 0 Å². The number of H-pyrrole nitrogens is 1. The van der Waals surface area contributed by atoms with E-state index in [-0.39, 0.29) is 17.6 Å². The van der Waals surface area contributed by atoms with Crippen LogP contribution >= 0.6 is 0 Å². The normalized spacial score (nSPS) is 17.7. The van der Waals surface area contributed by atoms with Crippen molar-refractivity contribution in [2.75, 3.05) is 19.7 Å². The van der Waals surface area contributed by atoms with Crippen molar-refractivity contribution in [2.45, 2.75) is 25.9 Å². The molecule has 6 nitrogen and oxygen atoms in total. The van der Waals surface area contributed by atoms with Crippen LogP contribution in [0, 0.1) is 6.92 Å². The summed E-state index contributed by atoms with van der Waals surface area (Å²) in [6.45, 7) is 3.65. The third-order valence-electron chi connectivity index (χ3n) is 4.26. The number of rotatable bonds is 4. The smallest absolute Gasteiger partial charge is 0.254 e. The molecular weight excluding hydrogens is 306 g/mol. The van der Waals surface area contributed by atoms with Gasteiger partial charge < -0.3 is 14.6 Å². The van der Waals surface area contributed by atoms with Gasteiger partial charge in [0.2, 0.25) is 0 Å².